The lowest BCUT2D eigenvalue weighted by Crippen LogP contribution is -2.44. The van der Waals surface area contributed by atoms with Gasteiger partial charge in [0.25, 0.3) is 9.84 Å². The molecule has 0 bridgehead atoms. The van der Waals surface area contributed by atoms with Crippen LogP contribution in [0.4, 0.5) is 26.3 Å². The zero-order valence-electron chi connectivity index (χ0n) is 12.9. The molecule has 1 heterocycles. The number of sulfone groups is 2. The van der Waals surface area contributed by atoms with Crippen LogP contribution >= 0.6 is 0 Å². The summed E-state index contributed by atoms with van der Waals surface area (Å²) in [5.74, 6) is 0. The van der Waals surface area contributed by atoms with Crippen LogP contribution in [0.2, 0.25) is 0 Å². The second-order valence-electron chi connectivity index (χ2n) is 5.06. The Balaban J connectivity index is 3.87. The molecule has 0 aromatic carbocycles. The van der Waals surface area contributed by atoms with Gasteiger partial charge in [0, 0.05) is 12.5 Å². The Morgan fingerprint density at radius 3 is 1.84 bits per heavy atom. The summed E-state index contributed by atoms with van der Waals surface area (Å²) in [6, 6.07) is 0.448. The van der Waals surface area contributed by atoms with E-state index in [1.807, 2.05) is 0 Å². The first-order valence-electron chi connectivity index (χ1n) is 6.74. The molecule has 5 nitrogen and oxygen atoms in total. The van der Waals surface area contributed by atoms with E-state index in [2.05, 4.69) is 0 Å². The van der Waals surface area contributed by atoms with E-state index >= 15 is 0 Å². The molecular formula is C12H14F6NO4S2+. The minimum Gasteiger partial charge on any atom is -0.214 e. The molecule has 1 aromatic heterocycles. The van der Waals surface area contributed by atoms with E-state index in [0.717, 1.165) is 0 Å². The fourth-order valence-electron chi connectivity index (χ4n) is 2.06. The van der Waals surface area contributed by atoms with Gasteiger partial charge in [0.2, 0.25) is 0 Å². The predicted molar refractivity (Wildman–Crippen MR) is 72.8 cm³/mol. The number of aryl methyl sites for hydroxylation is 1. The average molecular weight is 414 g/mol. The minimum absolute atomic E-state index is 0.232. The summed E-state index contributed by atoms with van der Waals surface area (Å²) in [7, 11) is -12.1. The molecule has 0 aliphatic carbocycles. The third-order valence-corrected chi connectivity index (χ3v) is 6.55. The van der Waals surface area contributed by atoms with Gasteiger partial charge < -0.3 is 0 Å². The van der Waals surface area contributed by atoms with E-state index in [-0.39, 0.29) is 13.0 Å². The van der Waals surface area contributed by atoms with Gasteiger partial charge in [0.05, 0.1) is 10.5 Å². The van der Waals surface area contributed by atoms with Crippen LogP contribution in [0.15, 0.2) is 22.2 Å². The van der Waals surface area contributed by atoms with Gasteiger partial charge in [-0.1, -0.05) is 13.3 Å². The Morgan fingerprint density at radius 2 is 1.44 bits per heavy atom. The summed E-state index contributed by atoms with van der Waals surface area (Å²) in [6.07, 6.45) is 1.29. The van der Waals surface area contributed by atoms with Gasteiger partial charge in [-0.15, -0.1) is 0 Å². The first-order chi connectivity index (χ1) is 11.1. The van der Waals surface area contributed by atoms with Crippen LogP contribution in [0.25, 0.3) is 0 Å². The molecule has 0 fully saturated rings. The maximum Gasteiger partial charge on any atom is 0.507 e. The summed E-state index contributed by atoms with van der Waals surface area (Å²) in [4.78, 5) is -1.53. The van der Waals surface area contributed by atoms with Crippen LogP contribution in [0, 0.1) is 6.92 Å². The Morgan fingerprint density at radius 1 is 0.960 bits per heavy atom. The van der Waals surface area contributed by atoms with E-state index in [0.29, 0.717) is 30.2 Å². The molecule has 0 spiro atoms. The van der Waals surface area contributed by atoms with Gasteiger partial charge >= 0.3 is 25.9 Å². The van der Waals surface area contributed by atoms with E-state index in [9.17, 15) is 43.2 Å². The predicted octanol–water partition coefficient (Wildman–Crippen LogP) is 2.67. The third kappa shape index (κ3) is 3.91. The fourth-order valence-corrected chi connectivity index (χ4v) is 4.30. The van der Waals surface area contributed by atoms with Crippen molar-refractivity contribution >= 4 is 19.7 Å². The molecule has 1 aromatic rings. The average Bonchev–Trinajstić information content (AvgIpc) is 2.41. The normalized spacial score (nSPS) is 13.9. The van der Waals surface area contributed by atoms with Crippen LogP contribution in [-0.2, 0) is 26.2 Å². The van der Waals surface area contributed by atoms with Crippen molar-refractivity contribution in [2.75, 3.05) is 0 Å². The number of alkyl halides is 6. The number of nitrogens with zero attached hydrogens (tertiary/aromatic N) is 1. The van der Waals surface area contributed by atoms with Gasteiger partial charge in [-0.05, 0) is 6.92 Å². The minimum atomic E-state index is -6.07. The van der Waals surface area contributed by atoms with E-state index in [4.69, 9.17) is 0 Å². The fraction of sp³-hybridized carbons (Fsp3) is 0.583. The molecule has 1 rings (SSSR count). The lowest BCUT2D eigenvalue weighted by atomic mass is 10.3. The first-order valence-corrected chi connectivity index (χ1v) is 9.71. The maximum absolute atomic E-state index is 12.9. The van der Waals surface area contributed by atoms with Crippen molar-refractivity contribution in [1.29, 1.82) is 0 Å². The third-order valence-electron chi connectivity index (χ3n) is 3.26. The van der Waals surface area contributed by atoms with Crippen molar-refractivity contribution in [3.05, 3.63) is 17.8 Å². The summed E-state index contributed by atoms with van der Waals surface area (Å²) >= 11 is 0. The van der Waals surface area contributed by atoms with Crippen molar-refractivity contribution in [3.63, 3.8) is 0 Å². The van der Waals surface area contributed by atoms with Crippen LogP contribution in [0.5, 0.6) is 0 Å². The summed E-state index contributed by atoms with van der Waals surface area (Å²) in [5.41, 5.74) is -12.7. The molecule has 0 aliphatic heterocycles. The highest BCUT2D eigenvalue weighted by atomic mass is 32.2. The molecule has 0 N–H and O–H groups in total. The summed E-state index contributed by atoms with van der Waals surface area (Å²) < 4.78 is 124. The number of halogens is 6. The van der Waals surface area contributed by atoms with Gasteiger partial charge in [0.15, 0.2) is 6.20 Å². The highest BCUT2D eigenvalue weighted by Crippen LogP contribution is 2.36. The largest absolute Gasteiger partial charge is 0.507 e. The van der Waals surface area contributed by atoms with E-state index in [1.54, 1.807) is 6.92 Å². The SMILES string of the molecule is CCCC[n+]1ccc(S(=O)(=O)C(F)(F)F)c(C)c1S(=O)(=O)C(F)(F)F. The van der Waals surface area contributed by atoms with Crippen LogP contribution < -0.4 is 4.57 Å². The number of hydrogen-bond acceptors (Lipinski definition) is 4. The molecule has 13 heteroatoms. The number of aromatic nitrogens is 1. The standard InChI is InChI=1S/C12H14F6NO4S2/c1-3-4-6-19-7-5-9(24(20,21)11(13,14)15)8(2)10(19)25(22,23)12(16,17)18/h5,7H,3-4,6H2,1-2H3/q+1. The molecule has 0 unspecified atom stereocenters. The highest BCUT2D eigenvalue weighted by molar-refractivity contribution is 7.93. The Kier molecular flexibility index (Phi) is 5.84. The summed E-state index contributed by atoms with van der Waals surface area (Å²) in [6.45, 7) is 2.02. The van der Waals surface area contributed by atoms with Crippen LogP contribution in [-0.4, -0.2) is 27.9 Å². The molecular weight excluding hydrogens is 400 g/mol. The number of hydrogen-bond donors (Lipinski definition) is 0. The second kappa shape index (κ2) is 6.74. The zero-order chi connectivity index (χ0) is 19.8. The van der Waals surface area contributed by atoms with Crippen LogP contribution in [0.3, 0.4) is 0 Å². The lowest BCUT2D eigenvalue weighted by Gasteiger charge is -2.14. The molecule has 25 heavy (non-hydrogen) atoms. The van der Waals surface area contributed by atoms with Gasteiger partial charge in [-0.2, -0.15) is 30.9 Å². The molecule has 0 radical (unpaired) electrons. The van der Waals surface area contributed by atoms with Gasteiger partial charge in [-0.25, -0.2) is 16.8 Å². The smallest absolute Gasteiger partial charge is 0.214 e. The lowest BCUT2D eigenvalue weighted by molar-refractivity contribution is -0.735. The zero-order valence-corrected chi connectivity index (χ0v) is 14.6. The Bertz CT molecular complexity index is 857. The Labute approximate surface area is 140 Å². The quantitative estimate of drug-likeness (QED) is 0.549. The van der Waals surface area contributed by atoms with Crippen molar-refractivity contribution in [1.82, 2.24) is 0 Å². The van der Waals surface area contributed by atoms with E-state index in [1.165, 1.54) is 0 Å². The van der Waals surface area contributed by atoms with Crippen molar-refractivity contribution < 1.29 is 47.7 Å². The monoisotopic (exact) mass is 414 g/mol. The van der Waals surface area contributed by atoms with E-state index < -0.39 is 46.2 Å². The second-order valence-corrected chi connectivity index (χ2v) is 8.82. The Hall–Kier alpha value is -1.37. The number of pyridine rings is 1. The summed E-state index contributed by atoms with van der Waals surface area (Å²) in [5, 5.41) is -1.52. The molecule has 0 aliphatic rings. The van der Waals surface area contributed by atoms with Crippen molar-refractivity contribution in [3.8, 4) is 0 Å². The maximum atomic E-state index is 12.9. The molecule has 0 amide bonds. The molecule has 144 valence electrons. The molecule has 0 atom stereocenters. The van der Waals surface area contributed by atoms with Crippen molar-refractivity contribution in [2.24, 2.45) is 0 Å². The van der Waals surface area contributed by atoms with Gasteiger partial charge in [-0.3, -0.25) is 0 Å². The molecule has 0 saturated heterocycles. The van der Waals surface area contributed by atoms with Gasteiger partial charge in [0.1, 0.15) is 6.54 Å². The first kappa shape index (κ1) is 21.7. The number of unbranched alkanes of at least 4 members (excludes halogenated alkanes) is 1. The number of rotatable bonds is 5. The molecule has 0 saturated carbocycles. The van der Waals surface area contributed by atoms with Crippen LogP contribution in [0.1, 0.15) is 25.3 Å². The highest BCUT2D eigenvalue weighted by Gasteiger charge is 2.55. The van der Waals surface area contributed by atoms with Crippen molar-refractivity contribution in [2.45, 2.75) is 54.2 Å². The topological polar surface area (TPSA) is 72.2 Å².